The maximum absolute atomic E-state index is 2.35. The zero-order valence-corrected chi connectivity index (χ0v) is 14.2. The normalized spacial score (nSPS) is 15.0. The molecule has 0 fully saturated rings. The number of fused-ring (bicyclic) bond motifs is 5. The first-order valence-corrected chi connectivity index (χ1v) is 8.29. The van der Waals surface area contributed by atoms with Crippen LogP contribution in [0.2, 0.25) is 0 Å². The molecule has 0 radical (unpaired) electrons. The van der Waals surface area contributed by atoms with Crippen molar-refractivity contribution in [2.45, 2.75) is 40.5 Å². The van der Waals surface area contributed by atoms with Crippen molar-refractivity contribution in [2.24, 2.45) is 0 Å². The summed E-state index contributed by atoms with van der Waals surface area (Å²) in [7, 11) is 0. The molecule has 1 aliphatic rings. The van der Waals surface area contributed by atoms with E-state index in [1.165, 1.54) is 44.2 Å². The number of benzene rings is 3. The highest BCUT2D eigenvalue weighted by atomic mass is 14.3. The predicted molar refractivity (Wildman–Crippen MR) is 97.7 cm³/mol. The summed E-state index contributed by atoms with van der Waals surface area (Å²) in [4.78, 5) is 0. The van der Waals surface area contributed by atoms with E-state index in [0.717, 1.165) is 0 Å². The van der Waals surface area contributed by atoms with Crippen molar-refractivity contribution in [1.29, 1.82) is 0 Å². The molecule has 1 aliphatic carbocycles. The Bertz CT molecular complexity index is 840. The third-order valence-electron chi connectivity index (χ3n) is 4.61. The smallest absolute Gasteiger partial charge is 0.00795 e. The van der Waals surface area contributed by atoms with Crippen LogP contribution in [0, 0.1) is 13.8 Å². The first-order chi connectivity index (χ1) is 10.6. The summed E-state index contributed by atoms with van der Waals surface area (Å²) in [6, 6.07) is 18.2. The van der Waals surface area contributed by atoms with Crippen LogP contribution < -0.4 is 0 Å². The van der Waals surface area contributed by atoms with E-state index in [0.29, 0.717) is 5.92 Å². The molecule has 22 heavy (non-hydrogen) atoms. The maximum atomic E-state index is 2.35. The van der Waals surface area contributed by atoms with Gasteiger partial charge in [-0.25, -0.2) is 0 Å². The van der Waals surface area contributed by atoms with Gasteiger partial charge in [-0.2, -0.15) is 0 Å². The number of rotatable bonds is 0. The molecule has 1 unspecified atom stereocenters. The molecule has 0 spiro atoms. The molecule has 3 aromatic carbocycles. The monoisotopic (exact) mass is 288 g/mol. The van der Waals surface area contributed by atoms with E-state index in [1.807, 2.05) is 13.8 Å². The van der Waals surface area contributed by atoms with Gasteiger partial charge in [0.2, 0.25) is 0 Å². The minimum Gasteiger partial charge on any atom is -0.0683 e. The van der Waals surface area contributed by atoms with Crippen LogP contribution in [-0.2, 0) is 0 Å². The van der Waals surface area contributed by atoms with Crippen molar-refractivity contribution >= 4 is 10.8 Å². The van der Waals surface area contributed by atoms with Crippen molar-refractivity contribution in [2.75, 3.05) is 0 Å². The molecular weight excluding hydrogens is 264 g/mol. The standard InChI is InChI=1S/C20H18.C2H6/c1-12-4-7-16-15(10-12)6-9-18-17-8-5-13(2)11-19(17)14(3)20(16)18;1-2/h4-11,14H,1-3H3;1-2H3. The summed E-state index contributed by atoms with van der Waals surface area (Å²) >= 11 is 0. The molecule has 0 heterocycles. The maximum Gasteiger partial charge on any atom is 0.00795 e. The fraction of sp³-hybridized carbons (Fsp3) is 0.273. The Morgan fingerprint density at radius 2 is 1.36 bits per heavy atom. The van der Waals surface area contributed by atoms with E-state index in [-0.39, 0.29) is 0 Å². The molecule has 0 aliphatic heterocycles. The van der Waals surface area contributed by atoms with Gasteiger partial charge in [-0.05, 0) is 46.9 Å². The van der Waals surface area contributed by atoms with Gasteiger partial charge in [0.15, 0.2) is 0 Å². The molecule has 0 bridgehead atoms. The van der Waals surface area contributed by atoms with Crippen molar-refractivity contribution in [3.8, 4) is 11.1 Å². The Morgan fingerprint density at radius 1 is 0.727 bits per heavy atom. The van der Waals surface area contributed by atoms with Crippen molar-refractivity contribution in [3.63, 3.8) is 0 Å². The molecule has 3 aromatic rings. The second-order valence-corrected chi connectivity index (χ2v) is 6.06. The number of hydrogen-bond acceptors (Lipinski definition) is 0. The highest BCUT2D eigenvalue weighted by Crippen LogP contribution is 2.47. The molecule has 0 amide bonds. The summed E-state index contributed by atoms with van der Waals surface area (Å²) in [5.74, 6) is 0.492. The first-order valence-electron chi connectivity index (χ1n) is 8.29. The Morgan fingerprint density at radius 3 is 2.14 bits per heavy atom. The minimum atomic E-state index is 0.492. The van der Waals surface area contributed by atoms with Gasteiger partial charge in [-0.3, -0.25) is 0 Å². The second kappa shape index (κ2) is 5.61. The van der Waals surface area contributed by atoms with Gasteiger partial charge in [-0.1, -0.05) is 80.4 Å². The summed E-state index contributed by atoms with van der Waals surface area (Å²) in [5, 5.41) is 2.77. The van der Waals surface area contributed by atoms with Crippen molar-refractivity contribution in [3.05, 3.63) is 70.8 Å². The highest BCUT2D eigenvalue weighted by Gasteiger charge is 2.26. The van der Waals surface area contributed by atoms with Gasteiger partial charge in [0.25, 0.3) is 0 Å². The minimum absolute atomic E-state index is 0.492. The van der Waals surface area contributed by atoms with Gasteiger partial charge < -0.3 is 0 Å². The van der Waals surface area contributed by atoms with Crippen LogP contribution in [0.3, 0.4) is 0 Å². The quantitative estimate of drug-likeness (QED) is 0.436. The molecule has 4 rings (SSSR count). The van der Waals surface area contributed by atoms with E-state index < -0.39 is 0 Å². The Hall–Kier alpha value is -2.08. The third-order valence-corrected chi connectivity index (χ3v) is 4.61. The zero-order valence-electron chi connectivity index (χ0n) is 14.2. The average molecular weight is 288 g/mol. The SMILES string of the molecule is CC.Cc1ccc2c(c1)C(C)c1c-2ccc2cc(C)ccc12. The molecule has 112 valence electrons. The van der Waals surface area contributed by atoms with Crippen LogP contribution in [0.5, 0.6) is 0 Å². The highest BCUT2D eigenvalue weighted by molar-refractivity contribution is 5.96. The fourth-order valence-corrected chi connectivity index (χ4v) is 3.62. The van der Waals surface area contributed by atoms with Crippen LogP contribution >= 0.6 is 0 Å². The van der Waals surface area contributed by atoms with E-state index in [2.05, 4.69) is 69.3 Å². The first kappa shape index (κ1) is 14.8. The topological polar surface area (TPSA) is 0 Å². The van der Waals surface area contributed by atoms with Crippen molar-refractivity contribution < 1.29 is 0 Å². The lowest BCUT2D eigenvalue weighted by Crippen LogP contribution is -1.92. The third kappa shape index (κ3) is 2.14. The van der Waals surface area contributed by atoms with Crippen LogP contribution in [0.1, 0.15) is 48.9 Å². The molecule has 0 N–H and O–H groups in total. The lowest BCUT2D eigenvalue weighted by atomic mass is 9.93. The summed E-state index contributed by atoms with van der Waals surface area (Å²) in [5.41, 5.74) is 8.50. The van der Waals surface area contributed by atoms with E-state index >= 15 is 0 Å². The van der Waals surface area contributed by atoms with E-state index in [4.69, 9.17) is 0 Å². The van der Waals surface area contributed by atoms with Gasteiger partial charge in [0.1, 0.15) is 0 Å². The van der Waals surface area contributed by atoms with Crippen molar-refractivity contribution in [1.82, 2.24) is 0 Å². The molecule has 0 saturated heterocycles. The van der Waals surface area contributed by atoms with Gasteiger partial charge in [0.05, 0.1) is 0 Å². The molecule has 1 atom stereocenters. The second-order valence-electron chi connectivity index (χ2n) is 6.06. The average Bonchev–Trinajstić information content (AvgIpc) is 2.82. The molecule has 0 saturated carbocycles. The van der Waals surface area contributed by atoms with E-state index in [1.54, 1.807) is 0 Å². The number of aryl methyl sites for hydroxylation is 2. The molecule has 0 nitrogen and oxygen atoms in total. The van der Waals surface area contributed by atoms with Gasteiger partial charge >= 0.3 is 0 Å². The summed E-state index contributed by atoms with van der Waals surface area (Å²) in [6.45, 7) is 10.7. The Labute approximate surface area is 133 Å². The van der Waals surface area contributed by atoms with Gasteiger partial charge in [0, 0.05) is 5.92 Å². The molecule has 0 aromatic heterocycles. The lowest BCUT2D eigenvalue weighted by molar-refractivity contribution is 0.964. The van der Waals surface area contributed by atoms with Gasteiger partial charge in [-0.15, -0.1) is 0 Å². The summed E-state index contributed by atoms with van der Waals surface area (Å²) in [6.07, 6.45) is 0. The predicted octanol–water partition coefficient (Wildman–Crippen LogP) is 6.62. The van der Waals surface area contributed by atoms with E-state index in [9.17, 15) is 0 Å². The Balaban J connectivity index is 0.000000693. The fourth-order valence-electron chi connectivity index (χ4n) is 3.62. The van der Waals surface area contributed by atoms with Crippen LogP contribution in [0.25, 0.3) is 21.9 Å². The number of hydrogen-bond donors (Lipinski definition) is 0. The molecule has 0 heteroatoms. The van der Waals surface area contributed by atoms with Crippen LogP contribution in [0.15, 0.2) is 48.5 Å². The van der Waals surface area contributed by atoms with Crippen LogP contribution in [-0.4, -0.2) is 0 Å². The largest absolute Gasteiger partial charge is 0.0683 e. The molecular formula is C22H24. The Kier molecular flexibility index (Phi) is 3.78. The zero-order chi connectivity index (χ0) is 15.9. The lowest BCUT2D eigenvalue weighted by Gasteiger charge is -2.11. The van der Waals surface area contributed by atoms with Crippen LogP contribution in [0.4, 0.5) is 0 Å². The summed E-state index contributed by atoms with van der Waals surface area (Å²) < 4.78 is 0.